The molecule has 0 amide bonds. The van der Waals surface area contributed by atoms with Crippen LogP contribution in [0.25, 0.3) is 0 Å². The summed E-state index contributed by atoms with van der Waals surface area (Å²) in [7, 11) is -3.57. The summed E-state index contributed by atoms with van der Waals surface area (Å²) in [5, 5.41) is 15.9. The molecular weight excluding hydrogens is 495 g/mol. The van der Waals surface area contributed by atoms with Crippen LogP contribution in [0.4, 0.5) is 27.5 Å². The number of hydrogen-bond donors (Lipinski definition) is 3. The highest BCUT2D eigenvalue weighted by Crippen LogP contribution is 2.27. The molecule has 3 N–H and O–H groups in total. The molecule has 0 saturated carbocycles. The number of hydrogen-bond acceptors (Lipinski definition) is 8. The first kappa shape index (κ1) is 25.5. The number of piperidine rings is 1. The van der Waals surface area contributed by atoms with Gasteiger partial charge in [-0.3, -0.25) is 0 Å². The van der Waals surface area contributed by atoms with Gasteiger partial charge in [0, 0.05) is 50.3 Å². The Balaban J connectivity index is 1.17. The minimum Gasteiger partial charge on any atom is -0.392 e. The van der Waals surface area contributed by atoms with E-state index in [1.54, 1.807) is 53.0 Å². The maximum absolute atomic E-state index is 13.2. The first-order valence-corrected chi connectivity index (χ1v) is 13.9. The van der Waals surface area contributed by atoms with Crippen LogP contribution in [0.2, 0.25) is 0 Å². The van der Waals surface area contributed by atoms with Gasteiger partial charge in [-0.25, -0.2) is 17.8 Å². The standard InChI is InChI=1S/C26H31FN6O3S/c27-20-1-3-21(4-2-20)29-25-9-13-28-26(31-25)30-22-5-7-24(8-6-22)37(35,36)33-15-10-19(11-16-33)17-32-14-12-23(34)18-32/h1-9,13,19,23,34H,10-12,14-18H2,(H2,28,29,30,31). The molecule has 1 aromatic heterocycles. The van der Waals surface area contributed by atoms with Crippen LogP contribution in [0.15, 0.2) is 65.7 Å². The number of β-amino-alcohol motifs (C(OH)–C–C–N with tert-alkyl or cyclic N) is 1. The van der Waals surface area contributed by atoms with E-state index < -0.39 is 10.0 Å². The van der Waals surface area contributed by atoms with Gasteiger partial charge in [0.15, 0.2) is 0 Å². The largest absolute Gasteiger partial charge is 0.392 e. The van der Waals surface area contributed by atoms with Gasteiger partial charge < -0.3 is 20.6 Å². The number of likely N-dealkylation sites (tertiary alicyclic amines) is 1. The van der Waals surface area contributed by atoms with Crippen molar-refractivity contribution in [1.82, 2.24) is 19.2 Å². The Hall–Kier alpha value is -3.12. The van der Waals surface area contributed by atoms with Gasteiger partial charge in [0.2, 0.25) is 16.0 Å². The highest BCUT2D eigenvalue weighted by Gasteiger charge is 2.31. The van der Waals surface area contributed by atoms with E-state index in [0.29, 0.717) is 42.1 Å². The lowest BCUT2D eigenvalue weighted by atomic mass is 9.98. The molecule has 2 aliphatic rings. The molecule has 0 spiro atoms. The number of aromatic nitrogens is 2. The fraction of sp³-hybridized carbons (Fsp3) is 0.385. The number of nitrogens with one attached hydrogen (secondary N) is 2. The van der Waals surface area contributed by atoms with Crippen LogP contribution in [-0.4, -0.2) is 71.5 Å². The number of nitrogens with zero attached hydrogens (tertiary/aromatic N) is 4. The fourth-order valence-electron chi connectivity index (χ4n) is 4.83. The van der Waals surface area contributed by atoms with Crippen LogP contribution in [0.5, 0.6) is 0 Å². The summed E-state index contributed by atoms with van der Waals surface area (Å²) in [5.74, 6) is 1.02. The highest BCUT2D eigenvalue weighted by molar-refractivity contribution is 7.89. The molecule has 2 saturated heterocycles. The van der Waals surface area contributed by atoms with Gasteiger partial charge in [0.1, 0.15) is 11.6 Å². The lowest BCUT2D eigenvalue weighted by Gasteiger charge is -2.33. The minimum atomic E-state index is -3.57. The highest BCUT2D eigenvalue weighted by atomic mass is 32.2. The Kier molecular flexibility index (Phi) is 7.65. The number of benzene rings is 2. The number of halogens is 1. The van der Waals surface area contributed by atoms with Gasteiger partial charge in [0.05, 0.1) is 11.0 Å². The summed E-state index contributed by atoms with van der Waals surface area (Å²) >= 11 is 0. The van der Waals surface area contributed by atoms with Crippen molar-refractivity contribution in [2.45, 2.75) is 30.3 Å². The van der Waals surface area contributed by atoms with Crippen LogP contribution in [-0.2, 0) is 10.0 Å². The Labute approximate surface area is 216 Å². The van der Waals surface area contributed by atoms with Crippen molar-refractivity contribution in [3.8, 4) is 0 Å². The van der Waals surface area contributed by atoms with Crippen molar-refractivity contribution in [3.63, 3.8) is 0 Å². The van der Waals surface area contributed by atoms with Gasteiger partial charge in [-0.2, -0.15) is 9.29 Å². The zero-order valence-electron chi connectivity index (χ0n) is 20.4. The molecule has 1 unspecified atom stereocenters. The van der Waals surface area contributed by atoms with Gasteiger partial charge >= 0.3 is 0 Å². The zero-order valence-corrected chi connectivity index (χ0v) is 21.2. The SMILES string of the molecule is O=S(=O)(c1ccc(Nc2nccc(Nc3ccc(F)cc3)n2)cc1)N1CCC(CN2CCC(O)C2)CC1. The van der Waals surface area contributed by atoms with E-state index >= 15 is 0 Å². The summed E-state index contributed by atoms with van der Waals surface area (Å²) in [6.45, 7) is 3.57. The van der Waals surface area contributed by atoms with E-state index in [1.165, 1.54) is 12.1 Å². The predicted molar refractivity (Wildman–Crippen MR) is 140 cm³/mol. The molecule has 2 aromatic carbocycles. The molecule has 3 aromatic rings. The number of aliphatic hydroxyl groups excluding tert-OH is 1. The second kappa shape index (κ2) is 11.1. The molecule has 9 nitrogen and oxygen atoms in total. The molecule has 11 heteroatoms. The first-order chi connectivity index (χ1) is 17.8. The van der Waals surface area contributed by atoms with E-state index in [9.17, 15) is 17.9 Å². The maximum atomic E-state index is 13.2. The van der Waals surface area contributed by atoms with Crippen LogP contribution in [0.3, 0.4) is 0 Å². The van der Waals surface area contributed by atoms with E-state index in [1.807, 2.05) is 0 Å². The maximum Gasteiger partial charge on any atom is 0.243 e. The molecule has 2 fully saturated rings. The molecule has 0 bridgehead atoms. The average Bonchev–Trinajstić information content (AvgIpc) is 3.31. The summed E-state index contributed by atoms with van der Waals surface area (Å²) < 4.78 is 41.1. The third-order valence-corrected chi connectivity index (χ3v) is 8.77. The molecule has 3 heterocycles. The zero-order chi connectivity index (χ0) is 25.8. The fourth-order valence-corrected chi connectivity index (χ4v) is 6.30. The molecular formula is C26H31FN6O3S. The van der Waals surface area contributed by atoms with Crippen LogP contribution >= 0.6 is 0 Å². The van der Waals surface area contributed by atoms with Crippen molar-refractivity contribution < 1.29 is 17.9 Å². The van der Waals surface area contributed by atoms with Crippen molar-refractivity contribution in [2.24, 2.45) is 5.92 Å². The quantitative estimate of drug-likeness (QED) is 0.409. The third-order valence-electron chi connectivity index (χ3n) is 6.86. The predicted octanol–water partition coefficient (Wildman–Crippen LogP) is 3.57. The molecule has 0 aliphatic carbocycles. The third kappa shape index (κ3) is 6.42. The molecule has 5 rings (SSSR count). The summed E-state index contributed by atoms with van der Waals surface area (Å²) in [5.41, 5.74) is 1.35. The van der Waals surface area contributed by atoms with E-state index in [2.05, 4.69) is 25.5 Å². The van der Waals surface area contributed by atoms with Crippen LogP contribution < -0.4 is 10.6 Å². The number of sulfonamides is 1. The molecule has 37 heavy (non-hydrogen) atoms. The normalized spacial score (nSPS) is 19.7. The average molecular weight is 527 g/mol. The van der Waals surface area contributed by atoms with E-state index in [-0.39, 0.29) is 16.8 Å². The van der Waals surface area contributed by atoms with Crippen molar-refractivity contribution in [2.75, 3.05) is 43.4 Å². The van der Waals surface area contributed by atoms with Gasteiger partial charge in [-0.15, -0.1) is 0 Å². The van der Waals surface area contributed by atoms with Crippen LogP contribution in [0, 0.1) is 11.7 Å². The van der Waals surface area contributed by atoms with Crippen LogP contribution in [0.1, 0.15) is 19.3 Å². The second-order valence-electron chi connectivity index (χ2n) is 9.60. The Morgan fingerprint density at radius 1 is 0.919 bits per heavy atom. The van der Waals surface area contributed by atoms with Gasteiger partial charge in [-0.1, -0.05) is 0 Å². The van der Waals surface area contributed by atoms with Gasteiger partial charge in [0.25, 0.3) is 0 Å². The lowest BCUT2D eigenvalue weighted by molar-refractivity contribution is 0.159. The Bertz CT molecular complexity index is 1300. The van der Waals surface area contributed by atoms with Gasteiger partial charge in [-0.05, 0) is 79.8 Å². The molecule has 1 atom stereocenters. The second-order valence-corrected chi connectivity index (χ2v) is 11.5. The molecule has 0 radical (unpaired) electrons. The topological polar surface area (TPSA) is 111 Å². The monoisotopic (exact) mass is 526 g/mol. The molecule has 196 valence electrons. The summed E-state index contributed by atoms with van der Waals surface area (Å²) in [6, 6.07) is 14.2. The lowest BCUT2D eigenvalue weighted by Crippen LogP contribution is -2.41. The van der Waals surface area contributed by atoms with Crippen molar-refractivity contribution >= 4 is 33.2 Å². The summed E-state index contributed by atoms with van der Waals surface area (Å²) in [6.07, 6.45) is 3.83. The van der Waals surface area contributed by atoms with Crippen molar-refractivity contribution in [1.29, 1.82) is 0 Å². The Morgan fingerprint density at radius 3 is 2.27 bits per heavy atom. The minimum absolute atomic E-state index is 0.230. The van der Waals surface area contributed by atoms with Crippen molar-refractivity contribution in [3.05, 3.63) is 66.6 Å². The van der Waals surface area contributed by atoms with E-state index in [4.69, 9.17) is 0 Å². The number of aliphatic hydroxyl groups is 1. The van der Waals surface area contributed by atoms with E-state index in [0.717, 1.165) is 38.9 Å². The Morgan fingerprint density at radius 2 is 1.59 bits per heavy atom. The number of rotatable bonds is 8. The number of anilines is 4. The summed E-state index contributed by atoms with van der Waals surface area (Å²) in [4.78, 5) is 11.2. The smallest absolute Gasteiger partial charge is 0.243 e. The first-order valence-electron chi connectivity index (χ1n) is 12.5. The molecule has 2 aliphatic heterocycles.